The van der Waals surface area contributed by atoms with Crippen molar-refractivity contribution in [3.8, 4) is 0 Å². The number of halogens is 3. The van der Waals surface area contributed by atoms with Crippen LogP contribution in [0.1, 0.15) is 0 Å². The van der Waals surface area contributed by atoms with E-state index in [1.165, 1.54) is 5.54 Å². The van der Waals surface area contributed by atoms with Gasteiger partial charge in [-0.2, -0.15) is 0 Å². The van der Waals surface area contributed by atoms with E-state index < -0.39 is 0 Å². The minimum atomic E-state index is 0. The summed E-state index contributed by atoms with van der Waals surface area (Å²) in [6.45, 7) is 0. The Bertz CT molecular complexity index is 33.0. The third-order valence-electron chi connectivity index (χ3n) is 0.178. The van der Waals surface area contributed by atoms with E-state index in [0.717, 1.165) is 0 Å². The zero-order chi connectivity index (χ0) is 4.12. The Balaban J connectivity index is 0. The molecular formula is C3H5Cl3. The summed E-state index contributed by atoms with van der Waals surface area (Å²) in [5, 5.41) is 0. The molecule has 0 atom stereocenters. The zero-order valence-corrected chi connectivity index (χ0v) is 5.35. The molecule has 0 aromatic carbocycles. The van der Waals surface area contributed by atoms with Crippen molar-refractivity contribution in [2.24, 2.45) is 0 Å². The molecule has 0 saturated carbocycles. The molecular weight excluding hydrogens is 142 g/mol. The highest BCUT2D eigenvalue weighted by Gasteiger charge is 1.56. The van der Waals surface area contributed by atoms with Crippen molar-refractivity contribution < 1.29 is 0 Å². The van der Waals surface area contributed by atoms with E-state index >= 15 is 0 Å². The van der Waals surface area contributed by atoms with E-state index in [1.54, 1.807) is 6.08 Å². The quantitative estimate of drug-likeness (QED) is 0.500. The van der Waals surface area contributed by atoms with Gasteiger partial charge in [0.25, 0.3) is 0 Å². The molecule has 0 fully saturated rings. The van der Waals surface area contributed by atoms with Gasteiger partial charge < -0.3 is 0 Å². The van der Waals surface area contributed by atoms with Crippen LogP contribution in [0.4, 0.5) is 0 Å². The van der Waals surface area contributed by atoms with Crippen LogP contribution in [-0.4, -0.2) is 5.88 Å². The van der Waals surface area contributed by atoms with Gasteiger partial charge in [0.1, 0.15) is 0 Å². The summed E-state index contributed by atoms with van der Waals surface area (Å²) in [5.41, 5.74) is 1.40. The first-order chi connectivity index (χ1) is 2.41. The third-order valence-corrected chi connectivity index (χ3v) is 0.535. The molecule has 0 aliphatic carbocycles. The second-order valence-corrected chi connectivity index (χ2v) is 1.08. The number of rotatable bonds is 1. The molecule has 0 rings (SSSR count). The maximum absolute atomic E-state index is 5.13. The maximum Gasteiger partial charge on any atom is 0.0415 e. The first kappa shape index (κ1) is 9.79. The van der Waals surface area contributed by atoms with E-state index in [9.17, 15) is 0 Å². The molecule has 0 aromatic rings. The fourth-order valence-corrected chi connectivity index (χ4v) is 0.303. The number of hydrogen-bond donors (Lipinski definition) is 0. The van der Waals surface area contributed by atoms with Crippen molar-refractivity contribution in [1.82, 2.24) is 0 Å². The number of alkyl halides is 1. The molecule has 0 unspecified atom stereocenters. The van der Waals surface area contributed by atoms with Gasteiger partial charge in [-0.1, -0.05) is 17.7 Å². The van der Waals surface area contributed by atoms with Crippen LogP contribution in [0.25, 0.3) is 0 Å². The zero-order valence-electron chi connectivity index (χ0n) is 3.03. The van der Waals surface area contributed by atoms with Gasteiger partial charge >= 0.3 is 0 Å². The molecule has 0 aliphatic heterocycles. The van der Waals surface area contributed by atoms with Crippen LogP contribution >= 0.6 is 35.6 Å². The highest BCUT2D eigenvalue weighted by Crippen LogP contribution is 1.79. The summed E-state index contributed by atoms with van der Waals surface area (Å²) in [6, 6.07) is 0. The first-order valence-corrected chi connectivity index (χ1v) is 2.20. The second kappa shape index (κ2) is 9.15. The summed E-state index contributed by atoms with van der Waals surface area (Å²) < 4.78 is 0. The molecule has 38 valence electrons. The van der Waals surface area contributed by atoms with Crippen LogP contribution in [0.3, 0.4) is 0 Å². The predicted molar refractivity (Wildman–Crippen MR) is 33.0 cm³/mol. The van der Waals surface area contributed by atoms with E-state index in [-0.39, 0.29) is 12.4 Å². The Morgan fingerprint density at radius 1 is 1.50 bits per heavy atom. The van der Waals surface area contributed by atoms with Crippen LogP contribution in [0.2, 0.25) is 0 Å². The minimum Gasteiger partial charge on any atom is -0.147 e. The van der Waals surface area contributed by atoms with Crippen LogP contribution in [0.5, 0.6) is 0 Å². The molecule has 3 heteroatoms. The Kier molecular flexibility index (Phi) is 14.9. The van der Waals surface area contributed by atoms with Crippen LogP contribution < -0.4 is 0 Å². The second-order valence-electron chi connectivity index (χ2n) is 0.516. The smallest absolute Gasteiger partial charge is 0.0415 e. The topological polar surface area (TPSA) is 0 Å². The Morgan fingerprint density at radius 3 is 2.00 bits per heavy atom. The average Bonchev–Trinajstić information content (AvgIpc) is 1.41. The van der Waals surface area contributed by atoms with Gasteiger partial charge in [0.2, 0.25) is 0 Å². The molecule has 0 saturated heterocycles. The molecule has 0 radical (unpaired) electrons. The van der Waals surface area contributed by atoms with Gasteiger partial charge in [-0.15, -0.1) is 24.0 Å². The monoisotopic (exact) mass is 146 g/mol. The lowest BCUT2D eigenvalue weighted by Crippen LogP contribution is -1.48. The molecule has 0 heterocycles. The lowest BCUT2D eigenvalue weighted by atomic mass is 10.8. The number of hydrogen-bond acceptors (Lipinski definition) is 0. The van der Waals surface area contributed by atoms with Gasteiger partial charge in [0.05, 0.1) is 0 Å². The van der Waals surface area contributed by atoms with E-state index in [2.05, 4.69) is 0 Å². The lowest BCUT2D eigenvalue weighted by molar-refractivity contribution is 1.79. The van der Waals surface area contributed by atoms with Crippen molar-refractivity contribution in [2.45, 2.75) is 0 Å². The van der Waals surface area contributed by atoms with Crippen molar-refractivity contribution in [3.63, 3.8) is 0 Å². The van der Waals surface area contributed by atoms with E-state index in [4.69, 9.17) is 23.2 Å². The molecule has 0 N–H and O–H groups in total. The van der Waals surface area contributed by atoms with Gasteiger partial charge in [0.15, 0.2) is 0 Å². The van der Waals surface area contributed by atoms with Crippen LogP contribution in [-0.2, 0) is 0 Å². The molecule has 0 amide bonds. The standard InChI is InChI=1S/C3H4Cl2.ClH/c4-2-1-3-5;/h1-2H,3H2;1H. The van der Waals surface area contributed by atoms with Crippen LogP contribution in [0.15, 0.2) is 11.6 Å². The Hall–Kier alpha value is 0.610. The fraction of sp³-hybridized carbons (Fsp3) is 0.333. The van der Waals surface area contributed by atoms with E-state index in [0.29, 0.717) is 5.88 Å². The predicted octanol–water partition coefficient (Wildman–Crippen LogP) is 2.40. The molecule has 0 bridgehead atoms. The largest absolute Gasteiger partial charge is 0.147 e. The van der Waals surface area contributed by atoms with Gasteiger partial charge in [-0.25, -0.2) is 0 Å². The summed E-state index contributed by atoms with van der Waals surface area (Å²) in [4.78, 5) is 0. The van der Waals surface area contributed by atoms with Crippen molar-refractivity contribution >= 4 is 35.6 Å². The van der Waals surface area contributed by atoms with Crippen molar-refractivity contribution in [3.05, 3.63) is 11.6 Å². The highest BCUT2D eigenvalue weighted by molar-refractivity contribution is 6.26. The average molecular weight is 147 g/mol. The lowest BCUT2D eigenvalue weighted by Gasteiger charge is -1.61. The normalized spacial score (nSPS) is 8.33. The summed E-state index contributed by atoms with van der Waals surface area (Å²) in [6.07, 6.45) is 1.66. The van der Waals surface area contributed by atoms with E-state index in [1.807, 2.05) is 0 Å². The SMILES string of the molecule is Cl.ClC=CCCl. The van der Waals surface area contributed by atoms with Gasteiger partial charge in [-0.05, 0) is 0 Å². The van der Waals surface area contributed by atoms with Gasteiger partial charge in [-0.3, -0.25) is 0 Å². The minimum absolute atomic E-state index is 0. The Morgan fingerprint density at radius 2 is 2.00 bits per heavy atom. The number of allylic oxidation sites excluding steroid dienone is 1. The first-order valence-electron chi connectivity index (χ1n) is 1.23. The molecule has 6 heavy (non-hydrogen) atoms. The maximum atomic E-state index is 5.13. The summed E-state index contributed by atoms with van der Waals surface area (Å²) >= 11 is 10.2. The summed E-state index contributed by atoms with van der Waals surface area (Å²) in [5.74, 6) is 0.503. The van der Waals surface area contributed by atoms with Crippen molar-refractivity contribution in [2.75, 3.05) is 5.88 Å². The molecule has 0 aromatic heterocycles. The van der Waals surface area contributed by atoms with Gasteiger partial charge in [0, 0.05) is 11.4 Å². The highest BCUT2D eigenvalue weighted by atomic mass is 35.5. The van der Waals surface area contributed by atoms with Crippen molar-refractivity contribution in [1.29, 1.82) is 0 Å². The third kappa shape index (κ3) is 8.82. The molecule has 0 spiro atoms. The molecule has 0 nitrogen and oxygen atoms in total. The fourth-order valence-electron chi connectivity index (χ4n) is 0.0337. The Labute approximate surface area is 53.5 Å². The van der Waals surface area contributed by atoms with Crippen LogP contribution in [0, 0.1) is 0 Å². The molecule has 0 aliphatic rings. The summed E-state index contributed by atoms with van der Waals surface area (Å²) in [7, 11) is 0.